The van der Waals surface area contributed by atoms with Crippen LogP contribution in [0.2, 0.25) is 0 Å². The van der Waals surface area contributed by atoms with E-state index in [0.717, 1.165) is 34.4 Å². The van der Waals surface area contributed by atoms with Gasteiger partial charge in [0.1, 0.15) is 11.6 Å². The zero-order valence-corrected chi connectivity index (χ0v) is 15.8. The van der Waals surface area contributed by atoms with Gasteiger partial charge in [-0.05, 0) is 55.0 Å². The molecule has 2 aromatic heterocycles. The van der Waals surface area contributed by atoms with Crippen molar-refractivity contribution in [3.8, 4) is 17.0 Å². The lowest BCUT2D eigenvalue weighted by molar-refractivity contribution is 0.237. The molecule has 0 aliphatic rings. The van der Waals surface area contributed by atoms with Crippen molar-refractivity contribution in [1.29, 1.82) is 0 Å². The summed E-state index contributed by atoms with van der Waals surface area (Å²) in [7, 11) is 0. The number of aromatic nitrogens is 2. The Morgan fingerprint density at radius 1 is 1.08 bits per heavy atom. The molecule has 0 N–H and O–H groups in total. The highest BCUT2D eigenvalue weighted by molar-refractivity contribution is 5.93. The van der Waals surface area contributed by atoms with Crippen LogP contribution in [0.25, 0.3) is 22.2 Å². The molecule has 3 aromatic rings. The number of fused-ring (bicyclic) bond motifs is 1. The molecule has 2 heterocycles. The first kappa shape index (κ1) is 18.3. The van der Waals surface area contributed by atoms with E-state index in [9.17, 15) is 4.39 Å². The van der Waals surface area contributed by atoms with Gasteiger partial charge < -0.3 is 4.74 Å². The molecule has 0 radical (unpaired) electrons. The van der Waals surface area contributed by atoms with Gasteiger partial charge in [0.2, 0.25) is 0 Å². The highest BCUT2D eigenvalue weighted by Gasteiger charge is 2.11. The van der Waals surface area contributed by atoms with Crippen LogP contribution in [0.4, 0.5) is 4.39 Å². The predicted molar refractivity (Wildman–Crippen MR) is 104 cm³/mol. The van der Waals surface area contributed by atoms with Crippen LogP contribution in [-0.4, -0.2) is 16.6 Å². The number of rotatable bonds is 6. The van der Waals surface area contributed by atoms with E-state index in [2.05, 4.69) is 30.7 Å². The maximum absolute atomic E-state index is 13.4. The van der Waals surface area contributed by atoms with Gasteiger partial charge in [-0.15, -0.1) is 0 Å². The van der Waals surface area contributed by atoms with E-state index < -0.39 is 0 Å². The highest BCUT2D eigenvalue weighted by atomic mass is 19.1. The number of hydrogen-bond acceptors (Lipinski definition) is 3. The quantitative estimate of drug-likeness (QED) is 0.562. The number of pyridine rings is 2. The van der Waals surface area contributed by atoms with Gasteiger partial charge in [0, 0.05) is 23.2 Å². The average Bonchev–Trinajstić information content (AvgIpc) is 2.59. The standard InChI is InChI=1S/C22H25FN2O/c1-14(2)9-15(3)13-26-22-12-25-20(10-16(22)4)19-7-8-24-21-11-17(23)5-6-18(19)21/h5-8,10-12,14-15H,9,13H2,1-4H3. The minimum absolute atomic E-state index is 0.287. The fraction of sp³-hybridized carbons (Fsp3) is 0.364. The van der Waals surface area contributed by atoms with Gasteiger partial charge in [-0.2, -0.15) is 0 Å². The number of benzene rings is 1. The molecule has 0 amide bonds. The summed E-state index contributed by atoms with van der Waals surface area (Å²) in [4.78, 5) is 8.82. The topological polar surface area (TPSA) is 35.0 Å². The van der Waals surface area contributed by atoms with E-state index >= 15 is 0 Å². The Morgan fingerprint density at radius 3 is 2.62 bits per heavy atom. The summed E-state index contributed by atoms with van der Waals surface area (Å²) < 4.78 is 19.4. The van der Waals surface area contributed by atoms with Crippen molar-refractivity contribution in [3.05, 3.63) is 54.1 Å². The molecule has 0 fully saturated rings. The third-order valence-corrected chi connectivity index (χ3v) is 4.44. The SMILES string of the molecule is Cc1cc(-c2ccnc3cc(F)ccc23)ncc1OCC(C)CC(C)C. The molecule has 0 bridgehead atoms. The summed E-state index contributed by atoms with van der Waals surface area (Å²) in [6, 6.07) is 8.57. The lowest BCUT2D eigenvalue weighted by Crippen LogP contribution is -2.11. The van der Waals surface area contributed by atoms with Crippen LogP contribution >= 0.6 is 0 Å². The van der Waals surface area contributed by atoms with Crippen LogP contribution in [0.3, 0.4) is 0 Å². The molecule has 26 heavy (non-hydrogen) atoms. The maximum atomic E-state index is 13.4. The van der Waals surface area contributed by atoms with Gasteiger partial charge in [-0.3, -0.25) is 9.97 Å². The van der Waals surface area contributed by atoms with Crippen molar-refractivity contribution in [2.24, 2.45) is 11.8 Å². The first-order chi connectivity index (χ1) is 12.4. The minimum atomic E-state index is -0.287. The molecule has 0 aliphatic heterocycles. The lowest BCUT2D eigenvalue weighted by Gasteiger charge is -2.16. The minimum Gasteiger partial charge on any atom is -0.491 e. The molecule has 1 unspecified atom stereocenters. The van der Waals surface area contributed by atoms with Crippen LogP contribution < -0.4 is 4.74 Å². The van der Waals surface area contributed by atoms with Gasteiger partial charge in [0.05, 0.1) is 24.0 Å². The predicted octanol–water partition coefficient (Wildman–Crippen LogP) is 5.81. The second-order valence-corrected chi connectivity index (χ2v) is 7.40. The molecule has 3 nitrogen and oxygen atoms in total. The van der Waals surface area contributed by atoms with Crippen LogP contribution in [0.1, 0.15) is 32.8 Å². The van der Waals surface area contributed by atoms with Crippen molar-refractivity contribution in [1.82, 2.24) is 9.97 Å². The normalized spacial score (nSPS) is 12.5. The molecule has 0 spiro atoms. The van der Waals surface area contributed by atoms with Crippen LogP contribution in [0, 0.1) is 24.6 Å². The van der Waals surface area contributed by atoms with Gasteiger partial charge >= 0.3 is 0 Å². The molecular weight excluding hydrogens is 327 g/mol. The summed E-state index contributed by atoms with van der Waals surface area (Å²) in [5.41, 5.74) is 3.45. The third-order valence-electron chi connectivity index (χ3n) is 4.44. The van der Waals surface area contributed by atoms with Crippen LogP contribution in [-0.2, 0) is 0 Å². The molecule has 0 aliphatic carbocycles. The van der Waals surface area contributed by atoms with Crippen LogP contribution in [0.15, 0.2) is 42.7 Å². The maximum Gasteiger partial charge on any atom is 0.140 e. The second-order valence-electron chi connectivity index (χ2n) is 7.40. The van der Waals surface area contributed by atoms with E-state index in [4.69, 9.17) is 4.74 Å². The van der Waals surface area contributed by atoms with E-state index in [-0.39, 0.29) is 5.82 Å². The molecule has 1 atom stereocenters. The first-order valence-electron chi connectivity index (χ1n) is 9.08. The van der Waals surface area contributed by atoms with Crippen molar-refractivity contribution >= 4 is 10.9 Å². The summed E-state index contributed by atoms with van der Waals surface area (Å²) in [5, 5.41) is 0.889. The molecule has 3 rings (SSSR count). The molecular formula is C22H25FN2O. The Kier molecular flexibility index (Phi) is 5.50. The Bertz CT molecular complexity index is 908. The molecule has 0 saturated carbocycles. The lowest BCUT2D eigenvalue weighted by atomic mass is 10.00. The van der Waals surface area contributed by atoms with E-state index in [1.807, 2.05) is 19.1 Å². The zero-order valence-electron chi connectivity index (χ0n) is 15.8. The fourth-order valence-electron chi connectivity index (χ4n) is 3.29. The Hall–Kier alpha value is -2.49. The Labute approximate surface area is 154 Å². The Balaban J connectivity index is 1.84. The monoisotopic (exact) mass is 352 g/mol. The number of halogens is 1. The van der Waals surface area contributed by atoms with Gasteiger partial charge in [-0.1, -0.05) is 20.8 Å². The van der Waals surface area contributed by atoms with Gasteiger partial charge in [0.15, 0.2) is 0 Å². The summed E-state index contributed by atoms with van der Waals surface area (Å²) in [5.74, 6) is 1.70. The average molecular weight is 352 g/mol. The number of nitrogens with zero attached hydrogens (tertiary/aromatic N) is 2. The second kappa shape index (κ2) is 7.81. The number of aryl methyl sites for hydroxylation is 1. The number of hydrogen-bond donors (Lipinski definition) is 0. The van der Waals surface area contributed by atoms with E-state index in [0.29, 0.717) is 24.0 Å². The fourth-order valence-corrected chi connectivity index (χ4v) is 3.29. The van der Waals surface area contributed by atoms with E-state index in [1.165, 1.54) is 12.1 Å². The van der Waals surface area contributed by atoms with Crippen molar-refractivity contribution in [3.63, 3.8) is 0 Å². The summed E-state index contributed by atoms with van der Waals surface area (Å²) in [6.45, 7) is 9.37. The highest BCUT2D eigenvalue weighted by Crippen LogP contribution is 2.29. The van der Waals surface area contributed by atoms with Crippen molar-refractivity contribution in [2.45, 2.75) is 34.1 Å². The molecule has 136 valence electrons. The van der Waals surface area contributed by atoms with Crippen molar-refractivity contribution in [2.75, 3.05) is 6.61 Å². The summed E-state index contributed by atoms with van der Waals surface area (Å²) in [6.07, 6.45) is 4.61. The third kappa shape index (κ3) is 4.18. The van der Waals surface area contributed by atoms with Crippen LogP contribution in [0.5, 0.6) is 5.75 Å². The Morgan fingerprint density at radius 2 is 1.88 bits per heavy atom. The number of ether oxygens (including phenoxy) is 1. The van der Waals surface area contributed by atoms with Crippen molar-refractivity contribution < 1.29 is 9.13 Å². The van der Waals surface area contributed by atoms with E-state index in [1.54, 1.807) is 18.5 Å². The van der Waals surface area contributed by atoms with Gasteiger partial charge in [-0.25, -0.2) is 4.39 Å². The molecule has 4 heteroatoms. The zero-order chi connectivity index (χ0) is 18.7. The molecule has 1 aromatic carbocycles. The largest absolute Gasteiger partial charge is 0.491 e. The molecule has 0 saturated heterocycles. The summed E-state index contributed by atoms with van der Waals surface area (Å²) >= 11 is 0. The first-order valence-corrected chi connectivity index (χ1v) is 9.08. The smallest absolute Gasteiger partial charge is 0.140 e. The van der Waals surface area contributed by atoms with Gasteiger partial charge in [0.25, 0.3) is 0 Å².